The van der Waals surface area contributed by atoms with Crippen LogP contribution in [0.5, 0.6) is 0 Å². The molecule has 1 aromatic rings. The maximum atomic E-state index is 12.2. The second-order valence-electron chi connectivity index (χ2n) is 4.49. The van der Waals surface area contributed by atoms with Crippen LogP contribution in [-0.4, -0.2) is 40.0 Å². The summed E-state index contributed by atoms with van der Waals surface area (Å²) in [6, 6.07) is 1.54. The maximum absolute atomic E-state index is 12.2. The van der Waals surface area contributed by atoms with Crippen molar-refractivity contribution in [2.75, 3.05) is 13.1 Å². The molecule has 1 aromatic heterocycles. The Balaban J connectivity index is 2.17. The van der Waals surface area contributed by atoms with Crippen molar-refractivity contribution >= 4 is 23.5 Å². The van der Waals surface area contributed by atoms with E-state index < -0.39 is 11.9 Å². The van der Waals surface area contributed by atoms with Gasteiger partial charge in [-0.25, -0.2) is 0 Å². The molecule has 2 rings (SSSR count). The van der Waals surface area contributed by atoms with Crippen molar-refractivity contribution in [3.8, 4) is 0 Å². The van der Waals surface area contributed by atoms with Crippen molar-refractivity contribution in [1.29, 1.82) is 0 Å². The van der Waals surface area contributed by atoms with Gasteiger partial charge in [0.05, 0.1) is 16.5 Å². The topological polar surface area (TPSA) is 70.5 Å². The summed E-state index contributed by atoms with van der Waals surface area (Å²) in [5.41, 5.74) is 0.317. The first-order valence-corrected chi connectivity index (χ1v) is 6.00. The summed E-state index contributed by atoms with van der Waals surface area (Å²) in [7, 11) is 0. The number of halogens is 1. The number of aliphatic carboxylic acids is 1. The third kappa shape index (κ3) is 2.31. The first-order valence-electron chi connectivity index (χ1n) is 5.62. The van der Waals surface area contributed by atoms with Gasteiger partial charge in [-0.1, -0.05) is 18.5 Å². The summed E-state index contributed by atoms with van der Waals surface area (Å²) in [5.74, 6) is -1.69. The summed E-state index contributed by atoms with van der Waals surface area (Å²) >= 11 is 5.93. The fourth-order valence-electron chi connectivity index (χ4n) is 2.16. The van der Waals surface area contributed by atoms with Gasteiger partial charge in [0.1, 0.15) is 0 Å². The van der Waals surface area contributed by atoms with Gasteiger partial charge < -0.3 is 10.0 Å². The number of carbonyl (C=O) groups excluding carboxylic acids is 1. The van der Waals surface area contributed by atoms with Crippen LogP contribution in [0.3, 0.4) is 0 Å². The molecule has 0 radical (unpaired) electrons. The van der Waals surface area contributed by atoms with E-state index >= 15 is 0 Å². The number of carboxylic acids is 1. The third-order valence-corrected chi connectivity index (χ3v) is 3.54. The molecule has 1 amide bonds. The molecular formula is C12H13ClN2O3. The van der Waals surface area contributed by atoms with E-state index in [1.54, 1.807) is 6.07 Å². The highest BCUT2D eigenvalue weighted by molar-refractivity contribution is 6.33. The minimum Gasteiger partial charge on any atom is -0.481 e. The Hall–Kier alpha value is -1.62. The molecule has 0 unspecified atom stereocenters. The van der Waals surface area contributed by atoms with Crippen LogP contribution in [0.4, 0.5) is 0 Å². The molecule has 1 saturated heterocycles. The molecule has 1 aliphatic heterocycles. The summed E-state index contributed by atoms with van der Waals surface area (Å²) in [6.07, 6.45) is 2.91. The largest absolute Gasteiger partial charge is 0.481 e. The lowest BCUT2D eigenvalue weighted by atomic mass is 9.99. The van der Waals surface area contributed by atoms with Crippen LogP contribution in [0.2, 0.25) is 5.02 Å². The SMILES string of the molecule is C[C@@H]1CN(C(=O)c2cnccc2Cl)C[C@H]1C(=O)O. The Bertz CT molecular complexity index is 492. The van der Waals surface area contributed by atoms with E-state index in [-0.39, 0.29) is 18.4 Å². The van der Waals surface area contributed by atoms with Gasteiger partial charge in [-0.2, -0.15) is 0 Å². The van der Waals surface area contributed by atoms with Gasteiger partial charge in [0, 0.05) is 25.5 Å². The molecule has 0 bridgehead atoms. The van der Waals surface area contributed by atoms with Gasteiger partial charge in [-0.15, -0.1) is 0 Å². The van der Waals surface area contributed by atoms with E-state index in [0.29, 0.717) is 17.1 Å². The predicted octanol–water partition coefficient (Wildman–Crippen LogP) is 1.53. The van der Waals surface area contributed by atoms with Gasteiger partial charge in [-0.3, -0.25) is 14.6 Å². The lowest BCUT2D eigenvalue weighted by molar-refractivity contribution is -0.142. The molecule has 1 fully saturated rings. The number of hydrogen-bond donors (Lipinski definition) is 1. The zero-order chi connectivity index (χ0) is 13.3. The van der Waals surface area contributed by atoms with Crippen molar-refractivity contribution in [2.24, 2.45) is 11.8 Å². The average Bonchev–Trinajstić information content (AvgIpc) is 2.71. The van der Waals surface area contributed by atoms with E-state index in [1.807, 2.05) is 6.92 Å². The fourth-order valence-corrected chi connectivity index (χ4v) is 2.35. The summed E-state index contributed by atoms with van der Waals surface area (Å²) in [6.45, 7) is 2.48. The summed E-state index contributed by atoms with van der Waals surface area (Å²) in [4.78, 5) is 28.6. The molecule has 0 aromatic carbocycles. The van der Waals surface area contributed by atoms with Crippen molar-refractivity contribution in [3.05, 3.63) is 29.0 Å². The fraction of sp³-hybridized carbons (Fsp3) is 0.417. The lowest BCUT2D eigenvalue weighted by Gasteiger charge is -2.16. The average molecular weight is 269 g/mol. The van der Waals surface area contributed by atoms with Crippen LogP contribution < -0.4 is 0 Å². The van der Waals surface area contributed by atoms with Gasteiger partial charge in [0.2, 0.25) is 0 Å². The third-order valence-electron chi connectivity index (χ3n) is 3.22. The van der Waals surface area contributed by atoms with E-state index in [2.05, 4.69) is 4.98 Å². The van der Waals surface area contributed by atoms with Gasteiger partial charge in [-0.05, 0) is 12.0 Å². The molecule has 18 heavy (non-hydrogen) atoms. The number of rotatable bonds is 2. The van der Waals surface area contributed by atoms with E-state index in [1.165, 1.54) is 17.3 Å². The highest BCUT2D eigenvalue weighted by Crippen LogP contribution is 2.26. The standard InChI is InChI=1S/C12H13ClN2O3/c1-7-5-15(6-9(7)12(17)18)11(16)8-4-14-3-2-10(8)13/h2-4,7,9H,5-6H2,1H3,(H,17,18)/t7-,9-/m1/s1. The smallest absolute Gasteiger partial charge is 0.308 e. The zero-order valence-electron chi connectivity index (χ0n) is 9.84. The molecule has 6 heteroatoms. The van der Waals surface area contributed by atoms with Gasteiger partial charge in [0.15, 0.2) is 0 Å². The summed E-state index contributed by atoms with van der Waals surface area (Å²) < 4.78 is 0. The van der Waals surface area contributed by atoms with Crippen LogP contribution in [-0.2, 0) is 4.79 Å². The number of likely N-dealkylation sites (tertiary alicyclic amines) is 1. The Morgan fingerprint density at radius 1 is 1.50 bits per heavy atom. The van der Waals surface area contributed by atoms with Gasteiger partial charge >= 0.3 is 5.97 Å². The summed E-state index contributed by atoms with van der Waals surface area (Å²) in [5, 5.41) is 9.37. The minimum absolute atomic E-state index is 0.0538. The number of nitrogens with zero attached hydrogens (tertiary/aromatic N) is 2. The van der Waals surface area contributed by atoms with Crippen LogP contribution in [0.25, 0.3) is 0 Å². The first kappa shape index (κ1) is 12.8. The molecule has 2 atom stereocenters. The molecule has 5 nitrogen and oxygen atoms in total. The number of carboxylic acid groups (broad SMARTS) is 1. The van der Waals surface area contributed by atoms with Gasteiger partial charge in [0.25, 0.3) is 5.91 Å². The molecule has 1 aliphatic rings. The first-order chi connectivity index (χ1) is 8.50. The van der Waals surface area contributed by atoms with Crippen molar-refractivity contribution in [2.45, 2.75) is 6.92 Å². The Morgan fingerprint density at radius 2 is 2.22 bits per heavy atom. The van der Waals surface area contributed by atoms with E-state index in [4.69, 9.17) is 16.7 Å². The van der Waals surface area contributed by atoms with Crippen LogP contribution in [0.15, 0.2) is 18.5 Å². The number of hydrogen-bond acceptors (Lipinski definition) is 3. The van der Waals surface area contributed by atoms with Crippen LogP contribution >= 0.6 is 11.6 Å². The molecule has 96 valence electrons. The zero-order valence-corrected chi connectivity index (χ0v) is 10.6. The highest BCUT2D eigenvalue weighted by atomic mass is 35.5. The lowest BCUT2D eigenvalue weighted by Crippen LogP contribution is -2.30. The van der Waals surface area contributed by atoms with E-state index in [9.17, 15) is 9.59 Å². The molecule has 0 spiro atoms. The van der Waals surface area contributed by atoms with Crippen LogP contribution in [0.1, 0.15) is 17.3 Å². The second kappa shape index (κ2) is 4.94. The van der Waals surface area contributed by atoms with Crippen LogP contribution in [0, 0.1) is 11.8 Å². The van der Waals surface area contributed by atoms with Crippen molar-refractivity contribution in [3.63, 3.8) is 0 Å². The predicted molar refractivity (Wildman–Crippen MR) is 65.4 cm³/mol. The Kier molecular flexibility index (Phi) is 3.52. The highest BCUT2D eigenvalue weighted by Gasteiger charge is 2.37. The quantitative estimate of drug-likeness (QED) is 0.883. The van der Waals surface area contributed by atoms with E-state index in [0.717, 1.165) is 0 Å². The minimum atomic E-state index is -0.866. The number of pyridine rings is 1. The normalized spacial score (nSPS) is 23.1. The molecule has 0 saturated carbocycles. The maximum Gasteiger partial charge on any atom is 0.308 e. The second-order valence-corrected chi connectivity index (χ2v) is 4.89. The molecule has 0 aliphatic carbocycles. The van der Waals surface area contributed by atoms with Crippen molar-refractivity contribution < 1.29 is 14.7 Å². The molecular weight excluding hydrogens is 256 g/mol. The Labute approximate surface area is 109 Å². The number of aromatic nitrogens is 1. The molecule has 2 heterocycles. The number of amides is 1. The number of carbonyl (C=O) groups is 2. The molecule has 1 N–H and O–H groups in total. The Morgan fingerprint density at radius 3 is 2.78 bits per heavy atom. The van der Waals surface area contributed by atoms with Crippen molar-refractivity contribution in [1.82, 2.24) is 9.88 Å². The monoisotopic (exact) mass is 268 g/mol.